The van der Waals surface area contributed by atoms with Crippen molar-refractivity contribution in [3.8, 4) is 11.5 Å². The molecule has 3 aromatic carbocycles. The number of ether oxygens (including phenoxy) is 2. The van der Waals surface area contributed by atoms with Crippen molar-refractivity contribution in [2.75, 3.05) is 13.2 Å². The SMILES string of the molecule is CCCCCCCOc1cnc(CCc2ccc3c(F)c(CCc4ccc(OCC(F)(F)F)cc4)ccc3c2)nc1. The molecule has 8 heteroatoms. The Labute approximate surface area is 238 Å². The molecule has 0 saturated carbocycles. The number of benzene rings is 3. The number of hydrogen-bond acceptors (Lipinski definition) is 4. The summed E-state index contributed by atoms with van der Waals surface area (Å²) < 4.78 is 62.7. The molecule has 218 valence electrons. The second-order valence-corrected chi connectivity index (χ2v) is 10.2. The van der Waals surface area contributed by atoms with Crippen LogP contribution in [0.15, 0.2) is 67.0 Å². The Kier molecular flexibility index (Phi) is 10.9. The summed E-state index contributed by atoms with van der Waals surface area (Å²) in [6.45, 7) is 1.55. The quantitative estimate of drug-likeness (QED) is 0.106. The third-order valence-corrected chi connectivity index (χ3v) is 6.94. The van der Waals surface area contributed by atoms with Gasteiger partial charge in [-0.25, -0.2) is 14.4 Å². The van der Waals surface area contributed by atoms with E-state index in [0.29, 0.717) is 42.6 Å². The van der Waals surface area contributed by atoms with Crippen LogP contribution in [0, 0.1) is 5.82 Å². The highest BCUT2D eigenvalue weighted by Gasteiger charge is 2.28. The van der Waals surface area contributed by atoms with E-state index in [1.54, 1.807) is 30.6 Å². The Bertz CT molecular complexity index is 1370. The predicted octanol–water partition coefficient (Wildman–Crippen LogP) is 8.63. The fourth-order valence-corrected chi connectivity index (χ4v) is 4.63. The molecule has 0 aliphatic rings. The maximum atomic E-state index is 15.3. The first kappa shape index (κ1) is 30.3. The lowest BCUT2D eigenvalue weighted by molar-refractivity contribution is -0.153. The number of halogens is 4. The Morgan fingerprint density at radius 1 is 0.707 bits per heavy atom. The van der Waals surface area contributed by atoms with Crippen LogP contribution < -0.4 is 9.47 Å². The van der Waals surface area contributed by atoms with Gasteiger partial charge in [-0.1, -0.05) is 75.1 Å². The zero-order chi connectivity index (χ0) is 29.1. The van der Waals surface area contributed by atoms with Crippen molar-refractivity contribution in [1.29, 1.82) is 0 Å². The lowest BCUT2D eigenvalue weighted by atomic mass is 9.98. The maximum Gasteiger partial charge on any atom is 0.422 e. The van der Waals surface area contributed by atoms with Gasteiger partial charge in [-0.2, -0.15) is 13.2 Å². The highest BCUT2D eigenvalue weighted by Crippen LogP contribution is 2.25. The normalized spacial score (nSPS) is 11.6. The number of aromatic nitrogens is 2. The number of hydrogen-bond donors (Lipinski definition) is 0. The number of nitrogens with zero attached hydrogens (tertiary/aromatic N) is 2. The van der Waals surface area contributed by atoms with Crippen LogP contribution in [0.4, 0.5) is 17.6 Å². The molecule has 0 amide bonds. The highest BCUT2D eigenvalue weighted by atomic mass is 19.4. The van der Waals surface area contributed by atoms with Crippen molar-refractivity contribution in [3.05, 3.63) is 95.3 Å². The topological polar surface area (TPSA) is 44.2 Å². The monoisotopic (exact) mass is 568 g/mol. The first-order chi connectivity index (χ1) is 19.8. The highest BCUT2D eigenvalue weighted by molar-refractivity contribution is 5.84. The van der Waals surface area contributed by atoms with Crippen LogP contribution >= 0.6 is 0 Å². The van der Waals surface area contributed by atoms with E-state index in [2.05, 4.69) is 16.9 Å². The summed E-state index contributed by atoms with van der Waals surface area (Å²) in [6.07, 6.45) is 7.45. The molecule has 0 fully saturated rings. The zero-order valence-electron chi connectivity index (χ0n) is 23.4. The molecule has 0 bridgehead atoms. The fraction of sp³-hybridized carbons (Fsp3) is 0.394. The number of aryl methyl sites for hydroxylation is 4. The van der Waals surface area contributed by atoms with E-state index in [9.17, 15) is 13.2 Å². The maximum absolute atomic E-state index is 15.3. The van der Waals surface area contributed by atoms with Gasteiger partial charge < -0.3 is 9.47 Å². The van der Waals surface area contributed by atoms with Gasteiger partial charge in [0.25, 0.3) is 0 Å². The molecule has 4 rings (SSSR count). The third kappa shape index (κ3) is 9.73. The summed E-state index contributed by atoms with van der Waals surface area (Å²) in [5, 5.41) is 1.40. The number of unbranched alkanes of at least 4 members (excludes halogenated alkanes) is 4. The van der Waals surface area contributed by atoms with E-state index >= 15 is 4.39 Å². The summed E-state index contributed by atoms with van der Waals surface area (Å²) in [6, 6.07) is 15.9. The van der Waals surface area contributed by atoms with Crippen molar-refractivity contribution < 1.29 is 27.0 Å². The number of fused-ring (bicyclic) bond motifs is 1. The minimum atomic E-state index is -4.38. The van der Waals surface area contributed by atoms with Gasteiger partial charge >= 0.3 is 6.18 Å². The van der Waals surface area contributed by atoms with Crippen LogP contribution in [-0.2, 0) is 25.7 Å². The largest absolute Gasteiger partial charge is 0.490 e. The Morgan fingerprint density at radius 3 is 2.15 bits per heavy atom. The van der Waals surface area contributed by atoms with Crippen molar-refractivity contribution in [2.24, 2.45) is 0 Å². The number of alkyl halides is 3. The third-order valence-electron chi connectivity index (χ3n) is 6.94. The van der Waals surface area contributed by atoms with Gasteiger partial charge in [0.2, 0.25) is 0 Å². The van der Waals surface area contributed by atoms with E-state index < -0.39 is 12.8 Å². The Balaban J connectivity index is 1.27. The van der Waals surface area contributed by atoms with Gasteiger partial charge in [-0.15, -0.1) is 0 Å². The van der Waals surface area contributed by atoms with Crippen LogP contribution in [0.5, 0.6) is 11.5 Å². The standard InChI is InChI=1S/C33H36F4N2O2/c1-2-3-4-5-6-19-40-29-21-38-31(39-22-29)18-11-25-10-17-30-27(20-25)14-13-26(32(30)34)12-7-24-8-15-28(16-9-24)41-23-33(35,36)37/h8-10,13-17,20-22H,2-7,11-12,18-19,23H2,1H3. The van der Waals surface area contributed by atoms with Crippen LogP contribution in [0.2, 0.25) is 0 Å². The van der Waals surface area contributed by atoms with Crippen molar-refractivity contribution in [1.82, 2.24) is 9.97 Å². The van der Waals surface area contributed by atoms with Gasteiger partial charge in [0.15, 0.2) is 12.4 Å². The van der Waals surface area contributed by atoms with Crippen LogP contribution in [0.1, 0.15) is 61.5 Å². The summed E-state index contributed by atoms with van der Waals surface area (Å²) in [7, 11) is 0. The zero-order valence-corrected chi connectivity index (χ0v) is 23.4. The van der Waals surface area contributed by atoms with E-state index in [0.717, 1.165) is 35.2 Å². The Morgan fingerprint density at radius 2 is 1.41 bits per heavy atom. The summed E-state index contributed by atoms with van der Waals surface area (Å²) in [5.74, 6) is 1.33. The van der Waals surface area contributed by atoms with E-state index in [1.165, 1.54) is 37.8 Å². The second kappa shape index (κ2) is 14.8. The second-order valence-electron chi connectivity index (χ2n) is 10.2. The van der Waals surface area contributed by atoms with Crippen LogP contribution in [0.3, 0.4) is 0 Å². The predicted molar refractivity (Wildman–Crippen MR) is 153 cm³/mol. The molecule has 1 heterocycles. The molecule has 0 aliphatic carbocycles. The van der Waals surface area contributed by atoms with E-state index in [4.69, 9.17) is 9.47 Å². The molecule has 0 aliphatic heterocycles. The summed E-state index contributed by atoms with van der Waals surface area (Å²) in [4.78, 5) is 8.86. The molecule has 0 saturated heterocycles. The molecule has 0 unspecified atom stereocenters. The van der Waals surface area contributed by atoms with Gasteiger partial charge in [0.05, 0.1) is 19.0 Å². The summed E-state index contributed by atoms with van der Waals surface area (Å²) >= 11 is 0. The lowest BCUT2D eigenvalue weighted by Crippen LogP contribution is -2.19. The lowest BCUT2D eigenvalue weighted by Gasteiger charge is -2.11. The smallest absolute Gasteiger partial charge is 0.422 e. The van der Waals surface area contributed by atoms with Crippen molar-refractivity contribution >= 4 is 10.8 Å². The molecular formula is C33H36F4N2O2. The minimum absolute atomic E-state index is 0.153. The Hall–Kier alpha value is -3.68. The molecule has 0 N–H and O–H groups in total. The number of rotatable bonds is 15. The molecule has 0 spiro atoms. The van der Waals surface area contributed by atoms with Gasteiger partial charge in [-0.05, 0) is 59.9 Å². The molecular weight excluding hydrogens is 532 g/mol. The molecule has 0 radical (unpaired) electrons. The van der Waals surface area contributed by atoms with E-state index in [1.807, 2.05) is 24.3 Å². The molecule has 1 aromatic heterocycles. The molecule has 4 aromatic rings. The molecule has 0 atom stereocenters. The van der Waals surface area contributed by atoms with Gasteiger partial charge in [-0.3, -0.25) is 0 Å². The van der Waals surface area contributed by atoms with Crippen molar-refractivity contribution in [3.63, 3.8) is 0 Å². The van der Waals surface area contributed by atoms with Crippen LogP contribution in [0.25, 0.3) is 10.8 Å². The summed E-state index contributed by atoms with van der Waals surface area (Å²) in [5.41, 5.74) is 2.57. The molecule has 41 heavy (non-hydrogen) atoms. The fourth-order valence-electron chi connectivity index (χ4n) is 4.63. The average Bonchev–Trinajstić information content (AvgIpc) is 2.97. The first-order valence-corrected chi connectivity index (χ1v) is 14.2. The van der Waals surface area contributed by atoms with Gasteiger partial charge in [0, 0.05) is 11.8 Å². The first-order valence-electron chi connectivity index (χ1n) is 14.2. The van der Waals surface area contributed by atoms with Crippen molar-refractivity contribution in [2.45, 2.75) is 70.9 Å². The molecule has 4 nitrogen and oxygen atoms in total. The van der Waals surface area contributed by atoms with E-state index in [-0.39, 0.29) is 11.6 Å². The van der Waals surface area contributed by atoms with Gasteiger partial charge in [0.1, 0.15) is 17.4 Å². The minimum Gasteiger partial charge on any atom is -0.490 e. The van der Waals surface area contributed by atoms with Crippen LogP contribution in [-0.4, -0.2) is 29.4 Å². The average molecular weight is 569 g/mol.